The van der Waals surface area contributed by atoms with Crippen molar-refractivity contribution >= 4 is 16.5 Å². The summed E-state index contributed by atoms with van der Waals surface area (Å²) < 4.78 is 0. The van der Waals surface area contributed by atoms with Crippen LogP contribution in [0, 0.1) is 5.92 Å². The maximum absolute atomic E-state index is 3.73. The fourth-order valence-electron chi connectivity index (χ4n) is 3.22. The van der Waals surface area contributed by atoms with E-state index >= 15 is 0 Å². The van der Waals surface area contributed by atoms with Gasteiger partial charge in [-0.1, -0.05) is 50.6 Å². The molecule has 0 radical (unpaired) electrons. The summed E-state index contributed by atoms with van der Waals surface area (Å²) in [7, 11) is 0. The molecule has 3 rings (SSSR count). The average Bonchev–Trinajstić information content (AvgIpc) is 2.80. The molecule has 2 nitrogen and oxygen atoms in total. The van der Waals surface area contributed by atoms with Crippen molar-refractivity contribution in [2.45, 2.75) is 32.7 Å². The maximum atomic E-state index is 3.73. The smallest absolute Gasteiger partial charge is 0.0373 e. The minimum atomic E-state index is 0.601. The molecule has 1 fully saturated rings. The molecule has 1 saturated heterocycles. The van der Waals surface area contributed by atoms with Crippen molar-refractivity contribution in [2.75, 3.05) is 24.5 Å². The molecule has 1 aliphatic heterocycles. The number of nitrogens with one attached hydrogen (secondary N) is 1. The quantitative estimate of drug-likeness (QED) is 0.913. The van der Waals surface area contributed by atoms with Gasteiger partial charge in [0.1, 0.15) is 0 Å². The Kier molecular flexibility index (Phi) is 4.45. The summed E-state index contributed by atoms with van der Waals surface area (Å²) in [4.78, 5) is 2.56. The highest BCUT2D eigenvalue weighted by molar-refractivity contribution is 5.85. The Morgan fingerprint density at radius 2 is 2.00 bits per heavy atom. The van der Waals surface area contributed by atoms with Crippen molar-refractivity contribution in [2.24, 2.45) is 5.92 Å². The van der Waals surface area contributed by atoms with Crippen LogP contribution in [0.4, 0.5) is 5.69 Å². The van der Waals surface area contributed by atoms with Crippen LogP contribution in [0.1, 0.15) is 26.7 Å². The third-order valence-electron chi connectivity index (χ3n) is 4.86. The summed E-state index contributed by atoms with van der Waals surface area (Å²) in [5.41, 5.74) is 1.37. The first-order chi connectivity index (χ1) is 10.3. The summed E-state index contributed by atoms with van der Waals surface area (Å²) >= 11 is 0. The predicted octanol–water partition coefficient (Wildman–Crippen LogP) is 4.05. The van der Waals surface area contributed by atoms with E-state index in [0.29, 0.717) is 6.04 Å². The first kappa shape index (κ1) is 14.4. The van der Waals surface area contributed by atoms with Crippen molar-refractivity contribution in [3.63, 3.8) is 0 Å². The molecule has 0 saturated carbocycles. The van der Waals surface area contributed by atoms with Crippen LogP contribution in [0.5, 0.6) is 0 Å². The highest BCUT2D eigenvalue weighted by Crippen LogP contribution is 2.24. The van der Waals surface area contributed by atoms with E-state index in [-0.39, 0.29) is 0 Å². The van der Waals surface area contributed by atoms with E-state index in [2.05, 4.69) is 66.5 Å². The van der Waals surface area contributed by atoms with Crippen LogP contribution in [0.3, 0.4) is 0 Å². The van der Waals surface area contributed by atoms with Gasteiger partial charge >= 0.3 is 0 Å². The third kappa shape index (κ3) is 3.21. The second kappa shape index (κ2) is 6.48. The number of fused-ring (bicyclic) bond motifs is 1. The molecule has 2 unspecified atom stereocenters. The monoisotopic (exact) mass is 282 g/mol. The van der Waals surface area contributed by atoms with E-state index in [0.717, 1.165) is 25.6 Å². The molecule has 0 bridgehead atoms. The highest BCUT2D eigenvalue weighted by Gasteiger charge is 2.21. The molecule has 112 valence electrons. The number of hydrogen-bond donors (Lipinski definition) is 1. The Morgan fingerprint density at radius 1 is 1.19 bits per heavy atom. The molecule has 1 aliphatic rings. The van der Waals surface area contributed by atoms with Crippen LogP contribution in [0.25, 0.3) is 10.8 Å². The minimum absolute atomic E-state index is 0.601. The zero-order valence-electron chi connectivity index (χ0n) is 13.2. The molecule has 1 heterocycles. The number of anilines is 1. The molecule has 0 spiro atoms. The minimum Gasteiger partial charge on any atom is -0.370 e. The number of hydrogen-bond acceptors (Lipinski definition) is 2. The van der Waals surface area contributed by atoms with Gasteiger partial charge in [0.05, 0.1) is 0 Å². The van der Waals surface area contributed by atoms with Crippen molar-refractivity contribution in [3.05, 3.63) is 42.5 Å². The van der Waals surface area contributed by atoms with Gasteiger partial charge in [-0.15, -0.1) is 0 Å². The van der Waals surface area contributed by atoms with E-state index in [4.69, 9.17) is 0 Å². The lowest BCUT2D eigenvalue weighted by atomic mass is 9.98. The molecule has 21 heavy (non-hydrogen) atoms. The summed E-state index contributed by atoms with van der Waals surface area (Å²) in [6.07, 6.45) is 2.46. The zero-order valence-corrected chi connectivity index (χ0v) is 13.2. The average molecular weight is 282 g/mol. The highest BCUT2D eigenvalue weighted by atomic mass is 15.2. The molecule has 1 N–H and O–H groups in total. The Hall–Kier alpha value is -1.54. The molecular formula is C19H26N2. The molecule has 0 amide bonds. The number of nitrogens with zero attached hydrogens (tertiary/aromatic N) is 1. The van der Waals surface area contributed by atoms with E-state index in [1.165, 1.54) is 29.3 Å². The second-order valence-electron chi connectivity index (χ2n) is 6.28. The van der Waals surface area contributed by atoms with Gasteiger partial charge in [0.15, 0.2) is 0 Å². The molecule has 2 heteroatoms. The first-order valence-corrected chi connectivity index (χ1v) is 8.25. The van der Waals surface area contributed by atoms with Crippen molar-refractivity contribution in [3.8, 4) is 0 Å². The van der Waals surface area contributed by atoms with Crippen LogP contribution < -0.4 is 10.2 Å². The van der Waals surface area contributed by atoms with Gasteiger partial charge in [-0.25, -0.2) is 0 Å². The van der Waals surface area contributed by atoms with E-state index in [1.807, 2.05) is 0 Å². The molecule has 2 aromatic rings. The van der Waals surface area contributed by atoms with Crippen molar-refractivity contribution in [1.29, 1.82) is 0 Å². The SMILES string of the molecule is CCC(C)C1CN(c2ccc3ccccc3c2)CCCN1. The van der Waals surface area contributed by atoms with Crippen LogP contribution in [0.2, 0.25) is 0 Å². The van der Waals surface area contributed by atoms with Crippen molar-refractivity contribution in [1.82, 2.24) is 5.32 Å². The number of benzene rings is 2. The fraction of sp³-hybridized carbons (Fsp3) is 0.474. The largest absolute Gasteiger partial charge is 0.370 e. The maximum Gasteiger partial charge on any atom is 0.0373 e. The predicted molar refractivity (Wildman–Crippen MR) is 92.0 cm³/mol. The number of rotatable bonds is 3. The zero-order chi connectivity index (χ0) is 14.7. The Bertz CT molecular complexity index is 593. The molecule has 2 aromatic carbocycles. The van der Waals surface area contributed by atoms with Gasteiger partial charge in [-0.3, -0.25) is 0 Å². The summed E-state index contributed by atoms with van der Waals surface area (Å²) in [5, 5.41) is 6.39. The van der Waals surface area contributed by atoms with Gasteiger partial charge in [0.2, 0.25) is 0 Å². The standard InChI is InChI=1S/C19H26N2/c1-3-15(2)19-14-21(12-6-11-20-19)18-10-9-16-7-4-5-8-17(16)13-18/h4-5,7-10,13,15,19-20H,3,6,11-12,14H2,1-2H3. The van der Waals surface area contributed by atoms with Crippen LogP contribution in [-0.2, 0) is 0 Å². The van der Waals surface area contributed by atoms with Gasteiger partial charge in [-0.05, 0) is 41.8 Å². The lowest BCUT2D eigenvalue weighted by Gasteiger charge is -2.29. The lowest BCUT2D eigenvalue weighted by Crippen LogP contribution is -2.42. The normalized spacial score (nSPS) is 21.2. The molecule has 0 aliphatic carbocycles. The van der Waals surface area contributed by atoms with E-state index in [9.17, 15) is 0 Å². The summed E-state index contributed by atoms with van der Waals surface area (Å²) in [6, 6.07) is 16.1. The second-order valence-corrected chi connectivity index (χ2v) is 6.28. The Balaban J connectivity index is 1.85. The first-order valence-electron chi connectivity index (χ1n) is 8.25. The van der Waals surface area contributed by atoms with Gasteiger partial charge in [-0.2, -0.15) is 0 Å². The third-order valence-corrected chi connectivity index (χ3v) is 4.86. The molecule has 0 aromatic heterocycles. The molecule has 2 atom stereocenters. The van der Waals surface area contributed by atoms with E-state index < -0.39 is 0 Å². The molecular weight excluding hydrogens is 256 g/mol. The van der Waals surface area contributed by atoms with E-state index in [1.54, 1.807) is 0 Å². The van der Waals surface area contributed by atoms with Crippen LogP contribution >= 0.6 is 0 Å². The van der Waals surface area contributed by atoms with Gasteiger partial charge in [0.25, 0.3) is 0 Å². The summed E-state index contributed by atoms with van der Waals surface area (Å²) in [6.45, 7) is 8.06. The Labute approximate surface area is 128 Å². The van der Waals surface area contributed by atoms with Gasteiger partial charge in [0, 0.05) is 24.8 Å². The van der Waals surface area contributed by atoms with Crippen LogP contribution in [-0.4, -0.2) is 25.7 Å². The van der Waals surface area contributed by atoms with Crippen LogP contribution in [0.15, 0.2) is 42.5 Å². The topological polar surface area (TPSA) is 15.3 Å². The fourth-order valence-corrected chi connectivity index (χ4v) is 3.22. The summed E-state index contributed by atoms with van der Waals surface area (Å²) in [5.74, 6) is 0.728. The Morgan fingerprint density at radius 3 is 2.81 bits per heavy atom. The lowest BCUT2D eigenvalue weighted by molar-refractivity contribution is 0.384. The van der Waals surface area contributed by atoms with Crippen molar-refractivity contribution < 1.29 is 0 Å². The van der Waals surface area contributed by atoms with Gasteiger partial charge < -0.3 is 10.2 Å².